The van der Waals surface area contributed by atoms with Gasteiger partial charge in [0.15, 0.2) is 12.6 Å². The highest BCUT2D eigenvalue weighted by Gasteiger charge is 2.30. The van der Waals surface area contributed by atoms with Gasteiger partial charge in [0, 0.05) is 6.54 Å². The fraction of sp³-hybridized carbons (Fsp3) is 0.286. The molecule has 0 aliphatic carbocycles. The quantitative estimate of drug-likeness (QED) is 0.772. The molecule has 0 unspecified atom stereocenters. The van der Waals surface area contributed by atoms with Crippen molar-refractivity contribution in [1.82, 2.24) is 4.90 Å². The van der Waals surface area contributed by atoms with E-state index in [2.05, 4.69) is 0 Å². The molecule has 0 radical (unpaired) electrons. The Morgan fingerprint density at radius 2 is 1.89 bits per heavy atom. The van der Waals surface area contributed by atoms with E-state index in [1.54, 1.807) is 17.0 Å². The summed E-state index contributed by atoms with van der Waals surface area (Å²) in [5, 5.41) is 9.76. The number of benzene rings is 2. The maximum absolute atomic E-state index is 13.9. The number of aromatic hydroxyl groups is 1. The van der Waals surface area contributed by atoms with Crippen LogP contribution in [0.4, 0.5) is 4.39 Å². The Balaban J connectivity index is 1.81. The maximum Gasteiger partial charge on any atom is 0.255 e. The first-order valence-corrected chi connectivity index (χ1v) is 9.01. The molecule has 1 aliphatic rings. The molecule has 0 saturated carbocycles. The predicted octanol–water partition coefficient (Wildman–Crippen LogP) is 3.23. The van der Waals surface area contributed by atoms with Crippen molar-refractivity contribution in [3.8, 4) is 11.5 Å². The van der Waals surface area contributed by atoms with Gasteiger partial charge in [-0.3, -0.25) is 14.4 Å². The van der Waals surface area contributed by atoms with Crippen LogP contribution < -0.4 is 4.74 Å². The van der Waals surface area contributed by atoms with Gasteiger partial charge < -0.3 is 14.7 Å². The number of halogens is 1. The minimum absolute atomic E-state index is 0.0211. The number of carbonyl (C=O) groups is 3. The Kier molecular flexibility index (Phi) is 6.03. The lowest BCUT2D eigenvalue weighted by atomic mass is 9.99. The number of phenolic OH excluding ortho intramolecular Hbond substituents is 1. The average Bonchev–Trinajstić information content (AvgIpc) is 2.71. The third kappa shape index (κ3) is 3.88. The molecule has 146 valence electrons. The van der Waals surface area contributed by atoms with E-state index in [1.165, 1.54) is 18.2 Å². The number of nitrogens with zero attached hydrogens (tertiary/aromatic N) is 1. The van der Waals surface area contributed by atoms with E-state index in [9.17, 15) is 23.9 Å². The number of hydrogen-bond acceptors (Lipinski definition) is 5. The van der Waals surface area contributed by atoms with Crippen LogP contribution in [0.1, 0.15) is 50.3 Å². The average molecular weight is 385 g/mol. The summed E-state index contributed by atoms with van der Waals surface area (Å²) in [5.74, 6) is -1.12. The Hall–Kier alpha value is -3.22. The Labute approximate surface area is 161 Å². The molecule has 6 nitrogen and oxygen atoms in total. The molecular formula is C21H20FNO5. The van der Waals surface area contributed by atoms with Crippen LogP contribution in [0.25, 0.3) is 0 Å². The smallest absolute Gasteiger partial charge is 0.255 e. The molecule has 0 aromatic heterocycles. The fourth-order valence-corrected chi connectivity index (χ4v) is 3.40. The zero-order chi connectivity index (χ0) is 20.1. The summed E-state index contributed by atoms with van der Waals surface area (Å²) in [5.41, 5.74) is -0.189. The molecule has 1 N–H and O–H groups in total. The van der Waals surface area contributed by atoms with Crippen molar-refractivity contribution < 1.29 is 28.6 Å². The van der Waals surface area contributed by atoms with E-state index in [4.69, 9.17) is 4.74 Å². The predicted molar refractivity (Wildman–Crippen MR) is 99.5 cm³/mol. The van der Waals surface area contributed by atoms with Crippen molar-refractivity contribution in [3.63, 3.8) is 0 Å². The lowest BCUT2D eigenvalue weighted by molar-refractivity contribution is 0.0524. The molecule has 3 rings (SSSR count). The van der Waals surface area contributed by atoms with Crippen LogP contribution in [0.3, 0.4) is 0 Å². The molecule has 0 spiro atoms. The van der Waals surface area contributed by atoms with Crippen LogP contribution in [0.5, 0.6) is 11.5 Å². The van der Waals surface area contributed by atoms with Gasteiger partial charge in [0.25, 0.3) is 5.91 Å². The van der Waals surface area contributed by atoms with Crippen molar-refractivity contribution in [2.24, 2.45) is 0 Å². The van der Waals surface area contributed by atoms with Gasteiger partial charge in [-0.15, -0.1) is 0 Å². The first kappa shape index (κ1) is 19.5. The van der Waals surface area contributed by atoms with Crippen molar-refractivity contribution in [2.75, 3.05) is 13.2 Å². The van der Waals surface area contributed by atoms with Gasteiger partial charge in [-0.2, -0.15) is 0 Å². The molecule has 7 heteroatoms. The van der Waals surface area contributed by atoms with Crippen molar-refractivity contribution in [3.05, 3.63) is 58.9 Å². The van der Waals surface area contributed by atoms with Crippen molar-refractivity contribution in [1.29, 1.82) is 0 Å². The van der Waals surface area contributed by atoms with Crippen LogP contribution in [-0.2, 0) is 0 Å². The molecule has 28 heavy (non-hydrogen) atoms. The molecule has 1 heterocycles. The van der Waals surface area contributed by atoms with E-state index in [0.717, 1.165) is 18.9 Å². The monoisotopic (exact) mass is 385 g/mol. The Bertz CT molecular complexity index is 898. The minimum Gasteiger partial charge on any atom is -0.507 e. The molecule has 2 aromatic carbocycles. The number of phenols is 1. The first-order chi connectivity index (χ1) is 13.6. The van der Waals surface area contributed by atoms with Crippen LogP contribution >= 0.6 is 0 Å². The standard InChI is InChI=1S/C21H20FNO5/c22-18-7-3-6-15(16(18)11-24)21(27)23-10-2-1-5-14(23)13-28-20-9-4-8-19(26)17(20)12-25/h3-4,6-9,11-12,14,26H,1-2,5,10,13H2/t14-/m0/s1. The number of carbonyl (C=O) groups excluding carboxylic acids is 3. The molecule has 1 aliphatic heterocycles. The number of amides is 1. The van der Waals surface area contributed by atoms with Gasteiger partial charge in [0.05, 0.1) is 22.7 Å². The van der Waals surface area contributed by atoms with E-state index in [1.807, 2.05) is 0 Å². The van der Waals surface area contributed by atoms with Gasteiger partial charge in [-0.25, -0.2) is 4.39 Å². The zero-order valence-corrected chi connectivity index (χ0v) is 15.1. The molecule has 1 amide bonds. The van der Waals surface area contributed by atoms with Crippen LogP contribution in [0, 0.1) is 5.82 Å². The van der Waals surface area contributed by atoms with Gasteiger partial charge >= 0.3 is 0 Å². The number of piperidine rings is 1. The van der Waals surface area contributed by atoms with E-state index in [0.29, 0.717) is 25.5 Å². The molecule has 2 aromatic rings. The highest BCUT2D eigenvalue weighted by molar-refractivity contribution is 6.01. The SMILES string of the molecule is O=Cc1c(O)cccc1OC[C@@H]1CCCCN1C(=O)c1cccc(F)c1C=O. The topological polar surface area (TPSA) is 83.9 Å². The van der Waals surface area contributed by atoms with E-state index >= 15 is 0 Å². The Morgan fingerprint density at radius 1 is 1.14 bits per heavy atom. The van der Waals surface area contributed by atoms with Gasteiger partial charge in [-0.1, -0.05) is 12.1 Å². The summed E-state index contributed by atoms with van der Waals surface area (Å²) in [6.07, 6.45) is 3.22. The third-order valence-electron chi connectivity index (χ3n) is 4.88. The second-order valence-electron chi connectivity index (χ2n) is 6.58. The molecule has 1 atom stereocenters. The lowest BCUT2D eigenvalue weighted by Crippen LogP contribution is -2.47. The maximum atomic E-state index is 13.9. The van der Waals surface area contributed by atoms with Crippen molar-refractivity contribution >= 4 is 18.5 Å². The second kappa shape index (κ2) is 8.65. The van der Waals surface area contributed by atoms with Gasteiger partial charge in [-0.05, 0) is 43.5 Å². The first-order valence-electron chi connectivity index (χ1n) is 9.01. The normalized spacial score (nSPS) is 16.5. The van der Waals surface area contributed by atoms with Crippen LogP contribution in [-0.4, -0.2) is 47.7 Å². The summed E-state index contributed by atoms with van der Waals surface area (Å²) < 4.78 is 19.6. The number of likely N-dealkylation sites (tertiary alicyclic amines) is 1. The fourth-order valence-electron chi connectivity index (χ4n) is 3.40. The number of hydrogen-bond donors (Lipinski definition) is 1. The highest BCUT2D eigenvalue weighted by Crippen LogP contribution is 2.27. The van der Waals surface area contributed by atoms with Crippen LogP contribution in [0.15, 0.2) is 36.4 Å². The molecule has 1 saturated heterocycles. The third-order valence-corrected chi connectivity index (χ3v) is 4.88. The van der Waals surface area contributed by atoms with Crippen LogP contribution in [0.2, 0.25) is 0 Å². The summed E-state index contributed by atoms with van der Waals surface area (Å²) in [6, 6.07) is 8.18. The van der Waals surface area contributed by atoms with Gasteiger partial charge in [0.1, 0.15) is 23.9 Å². The van der Waals surface area contributed by atoms with E-state index in [-0.39, 0.29) is 40.8 Å². The minimum atomic E-state index is -0.735. The van der Waals surface area contributed by atoms with E-state index < -0.39 is 11.7 Å². The molecule has 0 bridgehead atoms. The largest absolute Gasteiger partial charge is 0.507 e. The lowest BCUT2D eigenvalue weighted by Gasteiger charge is -2.36. The van der Waals surface area contributed by atoms with Crippen molar-refractivity contribution in [2.45, 2.75) is 25.3 Å². The summed E-state index contributed by atoms with van der Waals surface area (Å²) in [4.78, 5) is 37.0. The van der Waals surface area contributed by atoms with Gasteiger partial charge in [0.2, 0.25) is 0 Å². The number of ether oxygens (including phenoxy) is 1. The molecular weight excluding hydrogens is 365 g/mol. The number of rotatable bonds is 6. The summed E-state index contributed by atoms with van der Waals surface area (Å²) >= 11 is 0. The zero-order valence-electron chi connectivity index (χ0n) is 15.1. The second-order valence-corrected chi connectivity index (χ2v) is 6.58. The molecule has 1 fully saturated rings. The number of aldehydes is 2. The summed E-state index contributed by atoms with van der Waals surface area (Å²) in [6.45, 7) is 0.573. The Morgan fingerprint density at radius 3 is 2.64 bits per heavy atom. The highest BCUT2D eigenvalue weighted by atomic mass is 19.1. The summed E-state index contributed by atoms with van der Waals surface area (Å²) in [7, 11) is 0.